The van der Waals surface area contributed by atoms with Crippen molar-refractivity contribution in [2.75, 3.05) is 39.4 Å². The number of halogens is 2. The lowest BCUT2D eigenvalue weighted by Gasteiger charge is -2.28. The van der Waals surface area contributed by atoms with Crippen molar-refractivity contribution >= 4 is 0 Å². The van der Waals surface area contributed by atoms with Crippen LogP contribution in [0.4, 0.5) is 8.78 Å². The van der Waals surface area contributed by atoms with Gasteiger partial charge in [-0.05, 0) is 13.0 Å². The van der Waals surface area contributed by atoms with Crippen molar-refractivity contribution in [1.29, 1.82) is 0 Å². The SMILES string of the molecule is NCC1(CCN2CCOCC2)CC1(F)F. The molecule has 2 rings (SSSR count). The van der Waals surface area contributed by atoms with E-state index in [2.05, 4.69) is 4.90 Å². The summed E-state index contributed by atoms with van der Waals surface area (Å²) in [5, 5.41) is 0. The standard InChI is InChI=1S/C10H18F2N2O/c11-10(12)7-9(10,8-13)1-2-14-3-5-15-6-4-14/h1-8,13H2. The molecule has 1 unspecified atom stereocenters. The Balaban J connectivity index is 1.77. The molecule has 88 valence electrons. The first-order valence-corrected chi connectivity index (χ1v) is 5.48. The molecule has 1 saturated heterocycles. The molecule has 5 heteroatoms. The van der Waals surface area contributed by atoms with Gasteiger partial charge in [-0.25, -0.2) is 8.78 Å². The summed E-state index contributed by atoms with van der Waals surface area (Å²) in [6.45, 7) is 3.96. The highest BCUT2D eigenvalue weighted by molar-refractivity contribution is 5.10. The number of ether oxygens (including phenoxy) is 1. The van der Waals surface area contributed by atoms with Crippen molar-refractivity contribution in [3.05, 3.63) is 0 Å². The van der Waals surface area contributed by atoms with E-state index in [0.717, 1.165) is 19.6 Å². The third-order valence-electron chi connectivity index (χ3n) is 3.61. The molecule has 1 saturated carbocycles. The smallest absolute Gasteiger partial charge is 0.255 e. The fourth-order valence-electron chi connectivity index (χ4n) is 2.17. The van der Waals surface area contributed by atoms with Gasteiger partial charge in [0, 0.05) is 26.1 Å². The van der Waals surface area contributed by atoms with Crippen LogP contribution < -0.4 is 5.73 Å². The summed E-state index contributed by atoms with van der Waals surface area (Å²) < 4.78 is 31.4. The van der Waals surface area contributed by atoms with Gasteiger partial charge >= 0.3 is 0 Å². The van der Waals surface area contributed by atoms with Gasteiger partial charge in [0.2, 0.25) is 0 Å². The Morgan fingerprint density at radius 3 is 2.33 bits per heavy atom. The number of alkyl halides is 2. The molecule has 0 aromatic rings. The van der Waals surface area contributed by atoms with Gasteiger partial charge in [0.15, 0.2) is 0 Å². The molecule has 1 aliphatic carbocycles. The van der Waals surface area contributed by atoms with E-state index in [-0.39, 0.29) is 13.0 Å². The minimum Gasteiger partial charge on any atom is -0.379 e. The molecule has 0 amide bonds. The molecule has 1 atom stereocenters. The van der Waals surface area contributed by atoms with E-state index in [1.165, 1.54) is 0 Å². The average molecular weight is 220 g/mol. The van der Waals surface area contributed by atoms with Gasteiger partial charge in [0.25, 0.3) is 5.92 Å². The quantitative estimate of drug-likeness (QED) is 0.757. The molecule has 1 aliphatic heterocycles. The lowest BCUT2D eigenvalue weighted by atomic mass is 10.0. The first-order chi connectivity index (χ1) is 7.10. The third kappa shape index (κ3) is 2.14. The number of hydrogen-bond donors (Lipinski definition) is 1. The molecule has 0 aromatic carbocycles. The highest BCUT2D eigenvalue weighted by atomic mass is 19.3. The summed E-state index contributed by atoms with van der Waals surface area (Å²) in [5.41, 5.74) is 4.54. The molecule has 0 radical (unpaired) electrons. The zero-order valence-electron chi connectivity index (χ0n) is 8.85. The summed E-state index contributed by atoms with van der Waals surface area (Å²) in [6.07, 6.45) is 0.483. The highest BCUT2D eigenvalue weighted by Gasteiger charge is 2.69. The van der Waals surface area contributed by atoms with Crippen molar-refractivity contribution < 1.29 is 13.5 Å². The van der Waals surface area contributed by atoms with Gasteiger partial charge in [-0.15, -0.1) is 0 Å². The second-order valence-corrected chi connectivity index (χ2v) is 4.57. The molecule has 2 N–H and O–H groups in total. The van der Waals surface area contributed by atoms with Crippen LogP contribution in [0.5, 0.6) is 0 Å². The summed E-state index contributed by atoms with van der Waals surface area (Å²) >= 11 is 0. The highest BCUT2D eigenvalue weighted by Crippen LogP contribution is 2.61. The average Bonchev–Trinajstić information content (AvgIpc) is 2.80. The fraction of sp³-hybridized carbons (Fsp3) is 1.00. The van der Waals surface area contributed by atoms with E-state index in [0.29, 0.717) is 19.6 Å². The maximum atomic E-state index is 13.1. The Bertz CT molecular complexity index is 231. The van der Waals surface area contributed by atoms with Gasteiger partial charge in [-0.3, -0.25) is 4.90 Å². The van der Waals surface area contributed by atoms with Crippen LogP contribution in [-0.2, 0) is 4.74 Å². The number of rotatable bonds is 4. The van der Waals surface area contributed by atoms with E-state index in [4.69, 9.17) is 10.5 Å². The summed E-state index contributed by atoms with van der Waals surface area (Å²) in [5.74, 6) is -2.52. The van der Waals surface area contributed by atoms with E-state index in [1.807, 2.05) is 0 Å². The number of morpholine rings is 1. The van der Waals surface area contributed by atoms with Crippen molar-refractivity contribution in [1.82, 2.24) is 4.90 Å². The van der Waals surface area contributed by atoms with Crippen LogP contribution in [0.3, 0.4) is 0 Å². The van der Waals surface area contributed by atoms with Gasteiger partial charge < -0.3 is 10.5 Å². The summed E-state index contributed by atoms with van der Waals surface area (Å²) in [4.78, 5) is 2.18. The monoisotopic (exact) mass is 220 g/mol. The first-order valence-electron chi connectivity index (χ1n) is 5.48. The van der Waals surface area contributed by atoms with Gasteiger partial charge in [0.1, 0.15) is 0 Å². The third-order valence-corrected chi connectivity index (χ3v) is 3.61. The normalized spacial score (nSPS) is 35.4. The molecule has 1 heterocycles. The minimum absolute atomic E-state index is 0.0269. The molecule has 0 bridgehead atoms. The molecule has 15 heavy (non-hydrogen) atoms. The molecule has 2 fully saturated rings. The molecule has 2 aliphatic rings. The Kier molecular flexibility index (Phi) is 2.96. The second-order valence-electron chi connectivity index (χ2n) is 4.57. The number of hydrogen-bond acceptors (Lipinski definition) is 3. The van der Waals surface area contributed by atoms with Crippen molar-refractivity contribution in [3.63, 3.8) is 0 Å². The van der Waals surface area contributed by atoms with Crippen LogP contribution in [0.2, 0.25) is 0 Å². The van der Waals surface area contributed by atoms with Gasteiger partial charge in [-0.2, -0.15) is 0 Å². The van der Waals surface area contributed by atoms with Crippen LogP contribution >= 0.6 is 0 Å². The zero-order chi connectivity index (χ0) is 10.9. The fourth-order valence-corrected chi connectivity index (χ4v) is 2.17. The summed E-state index contributed by atoms with van der Waals surface area (Å²) in [7, 11) is 0. The Hall–Kier alpha value is -0.260. The van der Waals surface area contributed by atoms with Crippen LogP contribution in [0.1, 0.15) is 12.8 Å². The second kappa shape index (κ2) is 3.96. The molecular formula is C10H18F2N2O. The Morgan fingerprint density at radius 2 is 1.87 bits per heavy atom. The van der Waals surface area contributed by atoms with E-state index in [9.17, 15) is 8.78 Å². The topological polar surface area (TPSA) is 38.5 Å². The van der Waals surface area contributed by atoms with Crippen molar-refractivity contribution in [2.24, 2.45) is 11.1 Å². The first kappa shape index (κ1) is 11.2. The largest absolute Gasteiger partial charge is 0.379 e. The molecule has 0 spiro atoms. The Morgan fingerprint density at radius 1 is 1.27 bits per heavy atom. The lowest BCUT2D eigenvalue weighted by molar-refractivity contribution is 0.0245. The maximum Gasteiger partial charge on any atom is 0.255 e. The van der Waals surface area contributed by atoms with Crippen LogP contribution in [0.15, 0.2) is 0 Å². The van der Waals surface area contributed by atoms with Crippen molar-refractivity contribution in [2.45, 2.75) is 18.8 Å². The van der Waals surface area contributed by atoms with Crippen LogP contribution in [0.25, 0.3) is 0 Å². The van der Waals surface area contributed by atoms with Gasteiger partial charge in [0.05, 0.1) is 18.6 Å². The van der Waals surface area contributed by atoms with Crippen LogP contribution in [-0.4, -0.2) is 50.2 Å². The molecule has 0 aromatic heterocycles. The maximum absolute atomic E-state index is 13.1. The van der Waals surface area contributed by atoms with E-state index in [1.54, 1.807) is 0 Å². The lowest BCUT2D eigenvalue weighted by Crippen LogP contribution is -2.38. The minimum atomic E-state index is -2.52. The zero-order valence-corrected chi connectivity index (χ0v) is 8.85. The van der Waals surface area contributed by atoms with E-state index >= 15 is 0 Å². The Labute approximate surface area is 88.6 Å². The van der Waals surface area contributed by atoms with Gasteiger partial charge in [-0.1, -0.05) is 0 Å². The predicted octanol–water partition coefficient (Wildman–Crippen LogP) is 0.693. The van der Waals surface area contributed by atoms with Crippen LogP contribution in [0, 0.1) is 5.41 Å². The number of nitrogens with zero attached hydrogens (tertiary/aromatic N) is 1. The summed E-state index contributed by atoms with van der Waals surface area (Å²) in [6, 6.07) is 0. The van der Waals surface area contributed by atoms with E-state index < -0.39 is 11.3 Å². The predicted molar refractivity (Wildman–Crippen MR) is 52.9 cm³/mol. The molecule has 3 nitrogen and oxygen atoms in total. The number of nitrogens with two attached hydrogens (primary N) is 1. The van der Waals surface area contributed by atoms with Crippen molar-refractivity contribution in [3.8, 4) is 0 Å². The molecular weight excluding hydrogens is 202 g/mol.